The number of hydrogen-bond acceptors (Lipinski definition) is 3. The third kappa shape index (κ3) is 3.87. The van der Waals surface area contributed by atoms with E-state index in [1.165, 1.54) is 22.5 Å². The maximum atomic E-state index is 6.17. The largest absolute Gasteiger partial charge is 0.261 e. The topological polar surface area (TPSA) is 29.6 Å². The lowest BCUT2D eigenvalue weighted by atomic mass is 10.1. The second-order valence-corrected chi connectivity index (χ2v) is 7.32. The van der Waals surface area contributed by atoms with Gasteiger partial charge < -0.3 is 0 Å². The van der Waals surface area contributed by atoms with Crippen molar-refractivity contribution in [1.82, 2.24) is 4.68 Å². The molecule has 0 radical (unpaired) electrons. The van der Waals surface area contributed by atoms with Crippen molar-refractivity contribution in [1.29, 1.82) is 0 Å². The molecule has 1 aromatic heterocycles. The van der Waals surface area contributed by atoms with Gasteiger partial charge >= 0.3 is 0 Å². The van der Waals surface area contributed by atoms with E-state index in [1.807, 2.05) is 28.4 Å². The molecule has 0 atom stereocenters. The molecule has 0 unspecified atom stereocenters. The molecule has 0 aliphatic carbocycles. The summed E-state index contributed by atoms with van der Waals surface area (Å²) in [6.45, 7) is 4.16. The molecule has 3 nitrogen and oxygen atoms in total. The van der Waals surface area contributed by atoms with Gasteiger partial charge in [0.1, 0.15) is 0 Å². The summed E-state index contributed by atoms with van der Waals surface area (Å²) in [7, 11) is 1.76. The molecule has 25 heavy (non-hydrogen) atoms. The average molecular weight is 390 g/mol. The molecule has 0 N–H and O–H groups in total. The second-order valence-electron chi connectivity index (χ2n) is 5.67. The molecule has 2 aromatic carbocycles. The van der Waals surface area contributed by atoms with Gasteiger partial charge in [-0.3, -0.25) is 4.99 Å². The molecule has 0 saturated carbocycles. The first kappa shape index (κ1) is 17.9. The molecule has 0 aliphatic heterocycles. The van der Waals surface area contributed by atoms with Gasteiger partial charge in [-0.25, -0.2) is 4.68 Å². The van der Waals surface area contributed by atoms with Crippen LogP contribution in [0.1, 0.15) is 16.7 Å². The van der Waals surface area contributed by atoms with E-state index in [-0.39, 0.29) is 0 Å². The third-order valence-corrected chi connectivity index (χ3v) is 5.48. The number of aromatic nitrogens is 1. The van der Waals surface area contributed by atoms with Crippen LogP contribution < -0.4 is 4.80 Å². The smallest absolute Gasteiger partial charge is 0.205 e. The zero-order chi connectivity index (χ0) is 18.0. The molecular weight excluding hydrogens is 373 g/mol. The zero-order valence-corrected chi connectivity index (χ0v) is 16.5. The molecule has 0 spiro atoms. The minimum absolute atomic E-state index is 0.519. The zero-order valence-electron chi connectivity index (χ0n) is 14.1. The summed E-state index contributed by atoms with van der Waals surface area (Å²) in [5.41, 5.74) is 5.36. The maximum absolute atomic E-state index is 6.17. The minimum Gasteiger partial charge on any atom is -0.261 e. The number of rotatable bonds is 3. The molecule has 3 rings (SSSR count). The van der Waals surface area contributed by atoms with Gasteiger partial charge in [0.15, 0.2) is 0 Å². The summed E-state index contributed by atoms with van der Waals surface area (Å²) in [5, 5.41) is 7.73. The van der Waals surface area contributed by atoms with Gasteiger partial charge in [-0.05, 0) is 37.1 Å². The lowest BCUT2D eigenvalue weighted by molar-refractivity contribution is 0.848. The fourth-order valence-corrected chi connectivity index (χ4v) is 3.61. The van der Waals surface area contributed by atoms with Crippen LogP contribution in [-0.4, -0.2) is 17.9 Å². The Kier molecular flexibility index (Phi) is 5.42. The van der Waals surface area contributed by atoms with E-state index in [9.17, 15) is 0 Å². The number of benzene rings is 2. The van der Waals surface area contributed by atoms with Crippen molar-refractivity contribution in [2.24, 2.45) is 10.1 Å². The molecule has 128 valence electrons. The summed E-state index contributed by atoms with van der Waals surface area (Å²) in [5.74, 6) is 0. The maximum Gasteiger partial charge on any atom is 0.205 e. The lowest BCUT2D eigenvalue weighted by Gasteiger charge is -2.06. The fraction of sp³-hybridized carbons (Fsp3) is 0.158. The van der Waals surface area contributed by atoms with E-state index in [2.05, 4.69) is 42.1 Å². The van der Waals surface area contributed by atoms with Gasteiger partial charge in [0, 0.05) is 18.0 Å². The van der Waals surface area contributed by atoms with Gasteiger partial charge in [0.25, 0.3) is 0 Å². The first-order valence-electron chi connectivity index (χ1n) is 7.70. The van der Waals surface area contributed by atoms with Crippen molar-refractivity contribution < 1.29 is 0 Å². The van der Waals surface area contributed by atoms with Crippen LogP contribution in [0.15, 0.2) is 51.9 Å². The number of halogens is 2. The summed E-state index contributed by atoms with van der Waals surface area (Å²) >= 11 is 13.7. The molecule has 3 aromatic rings. The Balaban J connectivity index is 2.08. The van der Waals surface area contributed by atoms with E-state index < -0.39 is 0 Å². The minimum atomic E-state index is 0.519. The molecular formula is C19H17Cl2N3S. The predicted octanol–water partition coefficient (Wildman–Crippen LogP) is 5.55. The lowest BCUT2D eigenvalue weighted by Crippen LogP contribution is -2.11. The molecule has 0 saturated heterocycles. The number of nitrogens with zero attached hydrogens (tertiary/aromatic N) is 3. The number of thiazole rings is 1. The summed E-state index contributed by atoms with van der Waals surface area (Å²) in [6, 6.07) is 11.9. The predicted molar refractivity (Wildman–Crippen MR) is 108 cm³/mol. The molecule has 0 amide bonds. The standard InChI is InChI=1S/C19H17Cl2N3S/c1-12-4-5-15(13(2)8-12)10-23-24-18(11-25-19(24)22-3)14-6-7-16(20)17(21)9-14/h4-11H,1-3H3/b22-19?,23-10-. The van der Waals surface area contributed by atoms with Gasteiger partial charge in [0.2, 0.25) is 4.80 Å². The molecule has 0 bridgehead atoms. The van der Waals surface area contributed by atoms with Crippen molar-refractivity contribution in [3.63, 3.8) is 0 Å². The average Bonchev–Trinajstić information content (AvgIpc) is 2.99. The van der Waals surface area contributed by atoms with Crippen LogP contribution in [0, 0.1) is 13.8 Å². The van der Waals surface area contributed by atoms with Crippen LogP contribution >= 0.6 is 34.5 Å². The first-order valence-corrected chi connectivity index (χ1v) is 9.33. The van der Waals surface area contributed by atoms with Crippen LogP contribution in [0.3, 0.4) is 0 Å². The van der Waals surface area contributed by atoms with Crippen LogP contribution in [0.2, 0.25) is 10.0 Å². The van der Waals surface area contributed by atoms with Crippen molar-refractivity contribution in [3.05, 3.63) is 73.3 Å². The fourth-order valence-electron chi connectivity index (χ4n) is 2.51. The Hall–Kier alpha value is -1.88. The van der Waals surface area contributed by atoms with E-state index in [0.29, 0.717) is 10.0 Å². The quantitative estimate of drug-likeness (QED) is 0.525. The monoisotopic (exact) mass is 389 g/mol. The van der Waals surface area contributed by atoms with E-state index in [4.69, 9.17) is 23.2 Å². The summed E-state index contributed by atoms with van der Waals surface area (Å²) in [4.78, 5) is 5.12. The van der Waals surface area contributed by atoms with Gasteiger partial charge in [-0.2, -0.15) is 5.10 Å². The van der Waals surface area contributed by atoms with E-state index in [0.717, 1.165) is 21.6 Å². The molecule has 1 heterocycles. The highest BCUT2D eigenvalue weighted by Gasteiger charge is 2.09. The molecule has 0 aliphatic rings. The summed E-state index contributed by atoms with van der Waals surface area (Å²) in [6.07, 6.45) is 1.86. The summed E-state index contributed by atoms with van der Waals surface area (Å²) < 4.78 is 1.82. The Morgan fingerprint density at radius 3 is 2.52 bits per heavy atom. The highest BCUT2D eigenvalue weighted by atomic mass is 35.5. The van der Waals surface area contributed by atoms with Crippen molar-refractivity contribution in [2.45, 2.75) is 13.8 Å². The van der Waals surface area contributed by atoms with Crippen molar-refractivity contribution in [3.8, 4) is 11.3 Å². The van der Waals surface area contributed by atoms with Gasteiger partial charge in [0.05, 0.1) is 22.0 Å². The van der Waals surface area contributed by atoms with Gasteiger partial charge in [-0.1, -0.05) is 53.0 Å². The van der Waals surface area contributed by atoms with Crippen LogP contribution in [0.4, 0.5) is 0 Å². The Morgan fingerprint density at radius 1 is 1.04 bits per heavy atom. The third-order valence-electron chi connectivity index (χ3n) is 3.83. The Bertz CT molecular complexity index is 1020. The normalized spacial score (nSPS) is 12.3. The highest BCUT2D eigenvalue weighted by Crippen LogP contribution is 2.28. The second kappa shape index (κ2) is 7.56. The highest BCUT2D eigenvalue weighted by molar-refractivity contribution is 7.07. The van der Waals surface area contributed by atoms with Gasteiger partial charge in [-0.15, -0.1) is 11.3 Å². The Morgan fingerprint density at radius 2 is 1.84 bits per heavy atom. The van der Waals surface area contributed by atoms with Crippen LogP contribution in [-0.2, 0) is 0 Å². The van der Waals surface area contributed by atoms with E-state index >= 15 is 0 Å². The van der Waals surface area contributed by atoms with E-state index in [1.54, 1.807) is 13.1 Å². The Labute approximate surface area is 160 Å². The van der Waals surface area contributed by atoms with Crippen molar-refractivity contribution >= 4 is 40.8 Å². The van der Waals surface area contributed by atoms with Crippen LogP contribution in [0.5, 0.6) is 0 Å². The number of hydrogen-bond donors (Lipinski definition) is 0. The van der Waals surface area contributed by atoms with Crippen molar-refractivity contribution in [2.75, 3.05) is 7.05 Å². The molecule has 6 heteroatoms. The van der Waals surface area contributed by atoms with Crippen LogP contribution in [0.25, 0.3) is 11.3 Å². The SMILES string of the molecule is CN=c1scc(-c2ccc(Cl)c(Cl)c2)n1/N=C\c1ccc(C)cc1C. The first-order chi connectivity index (χ1) is 12.0. The number of aryl methyl sites for hydroxylation is 2. The molecule has 0 fully saturated rings.